The van der Waals surface area contributed by atoms with E-state index in [-0.39, 0.29) is 5.78 Å². The van der Waals surface area contributed by atoms with Crippen molar-refractivity contribution in [1.82, 2.24) is 0 Å². The second kappa shape index (κ2) is 3.70. The van der Waals surface area contributed by atoms with Crippen molar-refractivity contribution in [3.63, 3.8) is 0 Å². The van der Waals surface area contributed by atoms with Crippen molar-refractivity contribution in [1.29, 1.82) is 0 Å². The van der Waals surface area contributed by atoms with Gasteiger partial charge in [-0.25, -0.2) is 0 Å². The van der Waals surface area contributed by atoms with Gasteiger partial charge in [-0.05, 0) is 43.9 Å². The first-order valence-corrected chi connectivity index (χ1v) is 7.22. The minimum Gasteiger partial charge on any atom is -0.294 e. The lowest BCUT2D eigenvalue weighted by Crippen LogP contribution is -1.93. The van der Waals surface area contributed by atoms with Crippen LogP contribution in [0.3, 0.4) is 0 Å². The van der Waals surface area contributed by atoms with Gasteiger partial charge in [0.25, 0.3) is 0 Å². The van der Waals surface area contributed by atoms with Crippen LogP contribution in [0.1, 0.15) is 15.9 Å². The highest BCUT2D eigenvalue weighted by atomic mass is 16.1. The normalized spacial score (nSPS) is 13.6. The Morgan fingerprint density at radius 1 is 0.714 bits per heavy atom. The Morgan fingerprint density at radius 2 is 1.33 bits per heavy atom. The molecule has 0 N–H and O–H groups in total. The van der Waals surface area contributed by atoms with E-state index in [0.29, 0.717) is 6.42 Å². The van der Waals surface area contributed by atoms with Crippen LogP contribution in [0, 0.1) is 0 Å². The second-order valence-corrected chi connectivity index (χ2v) is 5.75. The molecule has 1 heteroatoms. The maximum atomic E-state index is 12.4. The molecular weight excluding hydrogens is 256 g/mol. The van der Waals surface area contributed by atoms with Crippen molar-refractivity contribution in [2.24, 2.45) is 0 Å². The predicted molar refractivity (Wildman–Crippen MR) is 87.0 cm³/mol. The van der Waals surface area contributed by atoms with E-state index in [4.69, 9.17) is 0 Å². The molecular formula is C20H12O. The molecule has 1 aliphatic carbocycles. The summed E-state index contributed by atoms with van der Waals surface area (Å²) in [5.74, 6) is 0.246. The Labute approximate surface area is 121 Å². The Bertz CT molecular complexity index is 1060. The molecule has 0 aromatic heterocycles. The fourth-order valence-electron chi connectivity index (χ4n) is 3.70. The number of Topliss-reactive ketones (excluding diaryl/α,β-unsaturated/α-hetero) is 1. The monoisotopic (exact) mass is 268 g/mol. The lowest BCUT2D eigenvalue weighted by atomic mass is 9.93. The largest absolute Gasteiger partial charge is 0.294 e. The molecule has 0 unspecified atom stereocenters. The van der Waals surface area contributed by atoms with Crippen LogP contribution in [-0.4, -0.2) is 5.78 Å². The summed E-state index contributed by atoms with van der Waals surface area (Å²) in [5.41, 5.74) is 2.07. The number of hydrogen-bond donors (Lipinski definition) is 0. The van der Waals surface area contributed by atoms with Gasteiger partial charge in [0.1, 0.15) is 0 Å². The molecule has 0 amide bonds. The first kappa shape index (κ1) is 11.0. The van der Waals surface area contributed by atoms with Gasteiger partial charge in [0.2, 0.25) is 0 Å². The number of benzene rings is 4. The molecule has 5 rings (SSSR count). The zero-order valence-electron chi connectivity index (χ0n) is 11.4. The number of rotatable bonds is 0. The van der Waals surface area contributed by atoms with Gasteiger partial charge in [-0.15, -0.1) is 0 Å². The summed E-state index contributed by atoms with van der Waals surface area (Å²) in [6.07, 6.45) is 0.535. The van der Waals surface area contributed by atoms with Gasteiger partial charge >= 0.3 is 0 Å². The molecule has 0 saturated carbocycles. The molecule has 0 aliphatic heterocycles. The highest BCUT2D eigenvalue weighted by Gasteiger charge is 2.24. The average molecular weight is 268 g/mol. The van der Waals surface area contributed by atoms with Gasteiger partial charge < -0.3 is 0 Å². The molecule has 0 spiro atoms. The molecule has 1 aliphatic rings. The third kappa shape index (κ3) is 1.33. The topological polar surface area (TPSA) is 17.1 Å². The standard InChI is InChI=1S/C20H12O/c21-18-11-14-9-12-5-1-3-7-15(12)20-16-8-4-2-6-13(16)10-17(18)19(14)20/h1-10H,11H2. The molecule has 4 aromatic carbocycles. The lowest BCUT2D eigenvalue weighted by molar-refractivity contribution is 0.1000. The SMILES string of the molecule is O=C1Cc2cc3ccccc3c3c2c1cc1ccccc13. The number of fused-ring (bicyclic) bond motifs is 4. The molecule has 0 heterocycles. The maximum absolute atomic E-state index is 12.4. The highest BCUT2D eigenvalue weighted by Crippen LogP contribution is 2.40. The van der Waals surface area contributed by atoms with Crippen molar-refractivity contribution in [3.05, 3.63) is 71.8 Å². The van der Waals surface area contributed by atoms with E-state index in [1.54, 1.807) is 0 Å². The van der Waals surface area contributed by atoms with Gasteiger partial charge in [-0.1, -0.05) is 54.6 Å². The zero-order valence-corrected chi connectivity index (χ0v) is 11.4. The third-order valence-electron chi connectivity index (χ3n) is 4.58. The molecule has 0 radical (unpaired) electrons. The molecule has 98 valence electrons. The van der Waals surface area contributed by atoms with Crippen molar-refractivity contribution < 1.29 is 4.79 Å². The molecule has 0 bridgehead atoms. The Morgan fingerprint density at radius 3 is 2.05 bits per heavy atom. The molecule has 0 saturated heterocycles. The van der Waals surface area contributed by atoms with E-state index >= 15 is 0 Å². The summed E-state index contributed by atoms with van der Waals surface area (Å²) in [4.78, 5) is 12.4. The highest BCUT2D eigenvalue weighted by molar-refractivity contribution is 6.29. The van der Waals surface area contributed by atoms with Crippen LogP contribution in [0.15, 0.2) is 60.7 Å². The minimum absolute atomic E-state index is 0.246. The van der Waals surface area contributed by atoms with Crippen LogP contribution in [-0.2, 0) is 6.42 Å². The summed E-state index contributed by atoms with van der Waals surface area (Å²) in [6.45, 7) is 0. The second-order valence-electron chi connectivity index (χ2n) is 5.75. The maximum Gasteiger partial charge on any atom is 0.167 e. The number of ketones is 1. The average Bonchev–Trinajstić information content (AvgIpc) is 2.83. The fourth-order valence-corrected chi connectivity index (χ4v) is 3.70. The van der Waals surface area contributed by atoms with Crippen LogP contribution in [0.2, 0.25) is 0 Å². The fraction of sp³-hybridized carbons (Fsp3) is 0.0500. The van der Waals surface area contributed by atoms with Crippen molar-refractivity contribution in [2.75, 3.05) is 0 Å². The molecule has 4 aromatic rings. The van der Waals surface area contributed by atoms with E-state index in [0.717, 1.165) is 16.3 Å². The van der Waals surface area contributed by atoms with E-state index in [1.165, 1.54) is 27.1 Å². The molecule has 21 heavy (non-hydrogen) atoms. The minimum atomic E-state index is 0.246. The molecule has 0 fully saturated rings. The predicted octanol–water partition coefficient (Wildman–Crippen LogP) is 4.89. The lowest BCUT2D eigenvalue weighted by Gasteiger charge is -2.10. The van der Waals surface area contributed by atoms with Gasteiger partial charge in [0.05, 0.1) is 0 Å². The summed E-state index contributed by atoms with van der Waals surface area (Å²) in [5, 5.41) is 7.25. The zero-order chi connectivity index (χ0) is 14.0. The first-order valence-electron chi connectivity index (χ1n) is 7.22. The summed E-state index contributed by atoms with van der Waals surface area (Å²) >= 11 is 0. The Kier molecular flexibility index (Phi) is 1.95. The van der Waals surface area contributed by atoms with Crippen LogP contribution >= 0.6 is 0 Å². The number of carbonyl (C=O) groups excluding carboxylic acids is 1. The van der Waals surface area contributed by atoms with Crippen molar-refractivity contribution in [3.8, 4) is 0 Å². The van der Waals surface area contributed by atoms with Crippen LogP contribution in [0.4, 0.5) is 0 Å². The van der Waals surface area contributed by atoms with Gasteiger partial charge in [0.15, 0.2) is 5.78 Å². The first-order chi connectivity index (χ1) is 10.3. The van der Waals surface area contributed by atoms with E-state index in [1.807, 2.05) is 6.07 Å². The third-order valence-corrected chi connectivity index (χ3v) is 4.58. The van der Waals surface area contributed by atoms with Gasteiger partial charge in [-0.2, -0.15) is 0 Å². The van der Waals surface area contributed by atoms with E-state index in [9.17, 15) is 4.79 Å². The summed E-state index contributed by atoms with van der Waals surface area (Å²) in [6, 6.07) is 21.0. The Hall–Kier alpha value is -2.67. The number of hydrogen-bond acceptors (Lipinski definition) is 1. The van der Waals surface area contributed by atoms with Gasteiger partial charge in [0, 0.05) is 12.0 Å². The number of carbonyl (C=O) groups is 1. The van der Waals surface area contributed by atoms with Crippen LogP contribution < -0.4 is 0 Å². The quantitative estimate of drug-likeness (QED) is 0.415. The van der Waals surface area contributed by atoms with Crippen molar-refractivity contribution in [2.45, 2.75) is 6.42 Å². The van der Waals surface area contributed by atoms with E-state index < -0.39 is 0 Å². The van der Waals surface area contributed by atoms with Gasteiger partial charge in [-0.3, -0.25) is 4.79 Å². The summed E-state index contributed by atoms with van der Waals surface area (Å²) < 4.78 is 0. The Balaban J connectivity index is 2.21. The summed E-state index contributed by atoms with van der Waals surface area (Å²) in [7, 11) is 0. The van der Waals surface area contributed by atoms with E-state index in [2.05, 4.69) is 54.6 Å². The molecule has 0 atom stereocenters. The van der Waals surface area contributed by atoms with Crippen LogP contribution in [0.5, 0.6) is 0 Å². The van der Waals surface area contributed by atoms with Crippen LogP contribution in [0.25, 0.3) is 32.3 Å². The smallest absolute Gasteiger partial charge is 0.167 e. The molecule has 1 nitrogen and oxygen atoms in total. The van der Waals surface area contributed by atoms with Crippen molar-refractivity contribution >= 4 is 38.1 Å².